The molecule has 3 atom stereocenters. The highest BCUT2D eigenvalue weighted by Crippen LogP contribution is 2.42. The van der Waals surface area contributed by atoms with E-state index in [1.54, 1.807) is 6.07 Å². The summed E-state index contributed by atoms with van der Waals surface area (Å²) < 4.78 is 52.6. The molecular weight excluding hydrogens is 568 g/mol. The van der Waals surface area contributed by atoms with Gasteiger partial charge in [0, 0.05) is 15.3 Å². The lowest BCUT2D eigenvalue weighted by Crippen LogP contribution is -2.37. The van der Waals surface area contributed by atoms with Gasteiger partial charge in [0.1, 0.15) is 11.7 Å². The molecule has 2 aliphatic rings. The van der Waals surface area contributed by atoms with Crippen LogP contribution in [0.25, 0.3) is 0 Å². The second kappa shape index (κ2) is 10.6. The number of ether oxygens (including phenoxy) is 1. The van der Waals surface area contributed by atoms with E-state index in [-0.39, 0.29) is 23.4 Å². The molecule has 2 fully saturated rings. The van der Waals surface area contributed by atoms with Crippen LogP contribution in [0.4, 0.5) is 24.5 Å². The molecule has 4 nitrogen and oxygen atoms in total. The van der Waals surface area contributed by atoms with E-state index in [2.05, 4.69) is 54.0 Å². The number of hydrogen-bond acceptors (Lipinski definition) is 3. The molecule has 0 aliphatic heterocycles. The Morgan fingerprint density at radius 2 is 1.80 bits per heavy atom. The maximum absolute atomic E-state index is 15.3. The van der Waals surface area contributed by atoms with E-state index in [1.165, 1.54) is 0 Å². The number of carbonyl (C=O) groups excluding carboxylic acids is 1. The highest BCUT2D eigenvalue weighted by atomic mass is 127. The van der Waals surface area contributed by atoms with E-state index < -0.39 is 40.9 Å². The third kappa shape index (κ3) is 5.73. The van der Waals surface area contributed by atoms with Crippen LogP contribution in [0, 0.1) is 45.7 Å². The van der Waals surface area contributed by atoms with Crippen LogP contribution in [0.1, 0.15) is 68.8 Å². The zero-order valence-corrected chi connectivity index (χ0v) is 22.6. The Morgan fingerprint density at radius 1 is 1.09 bits per heavy atom. The van der Waals surface area contributed by atoms with Gasteiger partial charge in [0.15, 0.2) is 17.4 Å². The molecule has 0 radical (unpaired) electrons. The summed E-state index contributed by atoms with van der Waals surface area (Å²) >= 11 is 2.16. The highest BCUT2D eigenvalue weighted by molar-refractivity contribution is 14.1. The minimum absolute atomic E-state index is 0.0578. The summed E-state index contributed by atoms with van der Waals surface area (Å²) in [7, 11) is 0. The number of rotatable bonds is 7. The van der Waals surface area contributed by atoms with Crippen molar-refractivity contribution in [2.45, 2.75) is 71.9 Å². The lowest BCUT2D eigenvalue weighted by molar-refractivity contribution is 0.0415. The standard InChI is InChI=1S/C27H32F3IN2O2/c1-13(2)18-9-5-14(3)11-20(18)35-26-21(27(34)32-17-7-8-17)25(23(29)22(28)24(26)30)33-19-10-6-16(31)12-15(19)4/h6,10,12-14,17-18,20,33H,5,7-9,11H2,1-4H3,(H,32,34). The lowest BCUT2D eigenvalue weighted by Gasteiger charge is -2.37. The molecule has 4 rings (SSSR count). The molecule has 0 heterocycles. The van der Waals surface area contributed by atoms with Crippen LogP contribution in [0.3, 0.4) is 0 Å². The normalized spacial score (nSPS) is 22.3. The van der Waals surface area contributed by atoms with Gasteiger partial charge in [0.05, 0.1) is 5.69 Å². The fourth-order valence-corrected chi connectivity index (χ4v) is 5.52. The van der Waals surface area contributed by atoms with Crippen molar-refractivity contribution >= 4 is 39.9 Å². The number of anilines is 2. The Kier molecular flexibility index (Phi) is 7.88. The molecule has 2 saturated carbocycles. The van der Waals surface area contributed by atoms with Crippen molar-refractivity contribution in [3.05, 3.63) is 50.3 Å². The van der Waals surface area contributed by atoms with Gasteiger partial charge in [-0.3, -0.25) is 4.79 Å². The van der Waals surface area contributed by atoms with Crippen LogP contribution in [0.2, 0.25) is 0 Å². The monoisotopic (exact) mass is 600 g/mol. The summed E-state index contributed by atoms with van der Waals surface area (Å²) in [4.78, 5) is 13.3. The third-order valence-corrected chi connectivity index (χ3v) is 7.77. The first-order chi connectivity index (χ1) is 16.6. The summed E-state index contributed by atoms with van der Waals surface area (Å²) in [6.07, 6.45) is 3.76. The number of aryl methyl sites for hydroxylation is 1. The second-order valence-corrected chi connectivity index (χ2v) is 11.6. The average Bonchev–Trinajstić information content (AvgIpc) is 3.60. The SMILES string of the molecule is Cc1cc(I)ccc1Nc1c(F)c(F)c(F)c(OC2CC(C)CCC2C(C)C)c1C(=O)NC1CC1. The molecule has 2 aromatic rings. The maximum atomic E-state index is 15.3. The Bertz CT molecular complexity index is 1120. The summed E-state index contributed by atoms with van der Waals surface area (Å²) in [5.41, 5.74) is 0.532. The van der Waals surface area contributed by atoms with E-state index >= 15 is 8.78 Å². The van der Waals surface area contributed by atoms with E-state index in [0.29, 0.717) is 18.0 Å². The molecule has 2 aliphatic carbocycles. The van der Waals surface area contributed by atoms with Gasteiger partial charge in [-0.25, -0.2) is 8.78 Å². The first-order valence-corrected chi connectivity index (χ1v) is 13.4. The summed E-state index contributed by atoms with van der Waals surface area (Å²) in [6, 6.07) is 5.35. The number of nitrogens with one attached hydrogen (secondary N) is 2. The summed E-state index contributed by atoms with van der Waals surface area (Å²) in [5, 5.41) is 5.67. The van der Waals surface area contributed by atoms with E-state index in [4.69, 9.17) is 4.74 Å². The van der Waals surface area contributed by atoms with Gasteiger partial charge < -0.3 is 15.4 Å². The number of benzene rings is 2. The van der Waals surface area contributed by atoms with Crippen LogP contribution in [0.5, 0.6) is 5.75 Å². The van der Waals surface area contributed by atoms with Crippen LogP contribution in [-0.2, 0) is 0 Å². The largest absolute Gasteiger partial charge is 0.486 e. The van der Waals surface area contributed by atoms with Crippen LogP contribution in [-0.4, -0.2) is 18.1 Å². The molecule has 2 N–H and O–H groups in total. The number of halogens is 4. The molecule has 0 bridgehead atoms. The number of amides is 1. The molecule has 3 unspecified atom stereocenters. The Balaban J connectivity index is 1.83. The highest BCUT2D eigenvalue weighted by Gasteiger charge is 2.38. The predicted octanol–water partition coefficient (Wildman–Crippen LogP) is 7.49. The quantitative estimate of drug-likeness (QED) is 0.256. The molecule has 0 spiro atoms. The maximum Gasteiger partial charge on any atom is 0.257 e. The molecule has 1 amide bonds. The van der Waals surface area contributed by atoms with Gasteiger partial charge in [0.2, 0.25) is 5.82 Å². The number of carbonyl (C=O) groups is 1. The van der Waals surface area contributed by atoms with Gasteiger partial charge in [-0.1, -0.05) is 27.2 Å². The van der Waals surface area contributed by atoms with Crippen LogP contribution < -0.4 is 15.4 Å². The second-order valence-electron chi connectivity index (χ2n) is 10.3. The summed E-state index contributed by atoms with van der Waals surface area (Å²) in [5.74, 6) is -5.02. The predicted molar refractivity (Wildman–Crippen MR) is 140 cm³/mol. The smallest absolute Gasteiger partial charge is 0.257 e. The fourth-order valence-electron chi connectivity index (χ4n) is 4.87. The third-order valence-electron chi connectivity index (χ3n) is 7.10. The van der Waals surface area contributed by atoms with Crippen LogP contribution >= 0.6 is 22.6 Å². The molecule has 8 heteroatoms. The van der Waals surface area contributed by atoms with Crippen LogP contribution in [0.15, 0.2) is 18.2 Å². The molecule has 0 aromatic heterocycles. The molecule has 2 aromatic carbocycles. The summed E-state index contributed by atoms with van der Waals surface area (Å²) in [6.45, 7) is 8.07. The Morgan fingerprint density at radius 3 is 2.43 bits per heavy atom. The molecular formula is C27H32F3IN2O2. The first kappa shape index (κ1) is 26.1. The van der Waals surface area contributed by atoms with E-state index in [9.17, 15) is 9.18 Å². The van der Waals surface area contributed by atoms with Crippen molar-refractivity contribution in [2.24, 2.45) is 17.8 Å². The molecule has 190 valence electrons. The van der Waals surface area contributed by atoms with Crippen molar-refractivity contribution in [1.82, 2.24) is 5.32 Å². The zero-order chi connectivity index (χ0) is 25.4. The van der Waals surface area contributed by atoms with Crippen molar-refractivity contribution in [3.8, 4) is 5.75 Å². The fraction of sp³-hybridized carbons (Fsp3) is 0.519. The minimum atomic E-state index is -1.65. The van der Waals surface area contributed by atoms with Gasteiger partial charge in [0.25, 0.3) is 5.91 Å². The van der Waals surface area contributed by atoms with Crippen molar-refractivity contribution in [1.29, 1.82) is 0 Å². The Hall–Kier alpha value is -1.97. The number of hydrogen-bond donors (Lipinski definition) is 2. The lowest BCUT2D eigenvalue weighted by atomic mass is 9.75. The van der Waals surface area contributed by atoms with Gasteiger partial charge in [-0.15, -0.1) is 0 Å². The van der Waals surface area contributed by atoms with Gasteiger partial charge in [-0.2, -0.15) is 4.39 Å². The minimum Gasteiger partial charge on any atom is -0.486 e. The van der Waals surface area contributed by atoms with Gasteiger partial charge in [-0.05, 0) is 96.7 Å². The molecule has 35 heavy (non-hydrogen) atoms. The van der Waals surface area contributed by atoms with E-state index in [1.807, 2.05) is 19.1 Å². The molecule has 0 saturated heterocycles. The van der Waals surface area contributed by atoms with Crippen molar-refractivity contribution < 1.29 is 22.7 Å². The van der Waals surface area contributed by atoms with Gasteiger partial charge >= 0.3 is 0 Å². The van der Waals surface area contributed by atoms with E-state index in [0.717, 1.165) is 34.8 Å². The van der Waals surface area contributed by atoms with Crippen molar-refractivity contribution in [2.75, 3.05) is 5.32 Å². The average molecular weight is 600 g/mol. The zero-order valence-electron chi connectivity index (χ0n) is 20.5. The first-order valence-electron chi connectivity index (χ1n) is 12.3. The Labute approximate surface area is 218 Å². The van der Waals surface area contributed by atoms with Crippen molar-refractivity contribution in [3.63, 3.8) is 0 Å². The topological polar surface area (TPSA) is 50.4 Å².